The molecule has 0 fully saturated rings. The summed E-state index contributed by atoms with van der Waals surface area (Å²) in [5.41, 5.74) is 1.83. The predicted molar refractivity (Wildman–Crippen MR) is 79.3 cm³/mol. The Morgan fingerprint density at radius 1 is 1.32 bits per heavy atom. The number of amides is 1. The van der Waals surface area contributed by atoms with Gasteiger partial charge in [0.25, 0.3) is 5.91 Å². The van der Waals surface area contributed by atoms with Crippen LogP contribution in [0.3, 0.4) is 0 Å². The lowest BCUT2D eigenvalue weighted by molar-refractivity contribution is 0.0926. The van der Waals surface area contributed by atoms with Crippen LogP contribution in [0.15, 0.2) is 30.5 Å². The van der Waals surface area contributed by atoms with Gasteiger partial charge in [0.1, 0.15) is 0 Å². The molecule has 0 atom stereocenters. The number of hydrogen-bond acceptors (Lipinski definition) is 1. The summed E-state index contributed by atoms with van der Waals surface area (Å²) in [7, 11) is 0. The van der Waals surface area contributed by atoms with E-state index in [1.807, 2.05) is 30.5 Å². The maximum absolute atomic E-state index is 12.3. The van der Waals surface area contributed by atoms with Gasteiger partial charge in [-0.15, -0.1) is 0 Å². The fourth-order valence-electron chi connectivity index (χ4n) is 1.89. The fourth-order valence-corrected chi connectivity index (χ4v) is 1.89. The van der Waals surface area contributed by atoms with Crippen molar-refractivity contribution in [1.29, 1.82) is 0 Å². The Labute approximate surface area is 114 Å². The lowest BCUT2D eigenvalue weighted by atomic mass is 9.81. The molecule has 3 heteroatoms. The quantitative estimate of drug-likeness (QED) is 0.865. The molecule has 0 aliphatic rings. The molecule has 2 rings (SSSR count). The summed E-state index contributed by atoms with van der Waals surface area (Å²) in [5.74, 6) is 0.523. The van der Waals surface area contributed by atoms with Crippen LogP contribution in [0.4, 0.5) is 0 Å². The van der Waals surface area contributed by atoms with Crippen molar-refractivity contribution in [2.45, 2.75) is 27.7 Å². The topological polar surface area (TPSA) is 44.9 Å². The van der Waals surface area contributed by atoms with Crippen molar-refractivity contribution in [1.82, 2.24) is 10.3 Å². The molecule has 1 aromatic heterocycles. The molecule has 2 aromatic rings. The van der Waals surface area contributed by atoms with Gasteiger partial charge >= 0.3 is 0 Å². The van der Waals surface area contributed by atoms with Gasteiger partial charge in [0, 0.05) is 29.2 Å². The molecular formula is C16H22N2O. The molecule has 0 saturated carbocycles. The van der Waals surface area contributed by atoms with Crippen LogP contribution >= 0.6 is 0 Å². The predicted octanol–water partition coefficient (Wildman–Crippen LogP) is 3.58. The van der Waals surface area contributed by atoms with Gasteiger partial charge in [-0.05, 0) is 29.5 Å². The standard InChI is InChI=1S/C16H22N2O/c1-11(2)16(3,4)10-18-15(19)13-6-5-7-14-12(13)8-9-17-14/h5-9,11,17H,10H2,1-4H3,(H,18,19). The summed E-state index contributed by atoms with van der Waals surface area (Å²) >= 11 is 0. The Kier molecular flexibility index (Phi) is 3.65. The van der Waals surface area contributed by atoms with Gasteiger partial charge in [-0.25, -0.2) is 0 Å². The van der Waals surface area contributed by atoms with Crippen LogP contribution < -0.4 is 5.32 Å². The minimum Gasteiger partial charge on any atom is -0.361 e. The fraction of sp³-hybridized carbons (Fsp3) is 0.438. The Bertz CT molecular complexity index is 581. The number of aromatic nitrogens is 1. The number of H-pyrrole nitrogens is 1. The maximum atomic E-state index is 12.3. The van der Waals surface area contributed by atoms with Gasteiger partial charge < -0.3 is 10.3 Å². The Balaban J connectivity index is 2.15. The van der Waals surface area contributed by atoms with Crippen molar-refractivity contribution in [2.24, 2.45) is 11.3 Å². The van der Waals surface area contributed by atoms with Crippen LogP contribution in [0.5, 0.6) is 0 Å². The van der Waals surface area contributed by atoms with Crippen LogP contribution in [0.25, 0.3) is 10.9 Å². The number of nitrogens with one attached hydrogen (secondary N) is 2. The van der Waals surface area contributed by atoms with E-state index in [1.165, 1.54) is 0 Å². The molecule has 102 valence electrons. The van der Waals surface area contributed by atoms with E-state index in [4.69, 9.17) is 0 Å². The third-order valence-electron chi connectivity index (χ3n) is 4.11. The number of hydrogen-bond donors (Lipinski definition) is 2. The normalized spacial score (nSPS) is 12.1. The van der Waals surface area contributed by atoms with Crippen LogP contribution in [0, 0.1) is 11.3 Å². The third-order valence-corrected chi connectivity index (χ3v) is 4.11. The Morgan fingerprint density at radius 3 is 2.74 bits per heavy atom. The summed E-state index contributed by atoms with van der Waals surface area (Å²) in [4.78, 5) is 15.4. The molecule has 1 aromatic carbocycles. The zero-order chi connectivity index (χ0) is 14.0. The molecule has 0 aliphatic carbocycles. The highest BCUT2D eigenvalue weighted by Gasteiger charge is 2.23. The molecule has 1 amide bonds. The number of rotatable bonds is 4. The number of carbonyl (C=O) groups excluding carboxylic acids is 1. The molecule has 0 unspecified atom stereocenters. The third kappa shape index (κ3) is 2.80. The molecule has 1 heterocycles. The highest BCUT2D eigenvalue weighted by Crippen LogP contribution is 2.25. The van der Waals surface area contributed by atoms with Crippen molar-refractivity contribution in [3.63, 3.8) is 0 Å². The first-order valence-electron chi connectivity index (χ1n) is 6.76. The summed E-state index contributed by atoms with van der Waals surface area (Å²) in [5, 5.41) is 4.02. The zero-order valence-corrected chi connectivity index (χ0v) is 12.1. The van der Waals surface area contributed by atoms with E-state index in [0.29, 0.717) is 12.5 Å². The van der Waals surface area contributed by atoms with Gasteiger partial charge in [0.15, 0.2) is 0 Å². The lowest BCUT2D eigenvalue weighted by Crippen LogP contribution is -2.37. The Hall–Kier alpha value is -1.77. The molecule has 2 N–H and O–H groups in total. The first-order chi connectivity index (χ1) is 8.92. The van der Waals surface area contributed by atoms with E-state index in [2.05, 4.69) is 38.0 Å². The van der Waals surface area contributed by atoms with E-state index >= 15 is 0 Å². The monoisotopic (exact) mass is 258 g/mol. The van der Waals surface area contributed by atoms with Crippen LogP contribution in [0.2, 0.25) is 0 Å². The summed E-state index contributed by atoms with van der Waals surface area (Å²) in [6.07, 6.45) is 1.86. The van der Waals surface area contributed by atoms with Gasteiger partial charge in [-0.2, -0.15) is 0 Å². The van der Waals surface area contributed by atoms with Crippen molar-refractivity contribution >= 4 is 16.8 Å². The average Bonchev–Trinajstić information content (AvgIpc) is 2.83. The van der Waals surface area contributed by atoms with E-state index in [1.54, 1.807) is 0 Å². The zero-order valence-electron chi connectivity index (χ0n) is 12.1. The summed E-state index contributed by atoms with van der Waals surface area (Å²) in [6, 6.07) is 7.69. The van der Waals surface area contributed by atoms with Gasteiger partial charge in [0.2, 0.25) is 0 Å². The highest BCUT2D eigenvalue weighted by atomic mass is 16.1. The van der Waals surface area contributed by atoms with E-state index in [-0.39, 0.29) is 11.3 Å². The molecule has 3 nitrogen and oxygen atoms in total. The molecular weight excluding hydrogens is 236 g/mol. The molecule has 0 radical (unpaired) electrons. The minimum absolute atomic E-state index is 0.000995. The van der Waals surface area contributed by atoms with Crippen LogP contribution in [-0.4, -0.2) is 17.4 Å². The smallest absolute Gasteiger partial charge is 0.251 e. The van der Waals surface area contributed by atoms with Crippen LogP contribution in [0.1, 0.15) is 38.1 Å². The van der Waals surface area contributed by atoms with E-state index in [0.717, 1.165) is 16.5 Å². The first-order valence-corrected chi connectivity index (χ1v) is 6.76. The molecule has 0 spiro atoms. The van der Waals surface area contributed by atoms with Crippen molar-refractivity contribution in [3.05, 3.63) is 36.0 Å². The van der Waals surface area contributed by atoms with Crippen molar-refractivity contribution in [2.75, 3.05) is 6.54 Å². The molecule has 0 aliphatic heterocycles. The number of carbonyl (C=O) groups is 1. The molecule has 0 saturated heterocycles. The Morgan fingerprint density at radius 2 is 2.05 bits per heavy atom. The second kappa shape index (κ2) is 5.08. The van der Waals surface area contributed by atoms with Crippen molar-refractivity contribution < 1.29 is 4.79 Å². The second-order valence-electron chi connectivity index (χ2n) is 6.07. The number of benzene rings is 1. The second-order valence-corrected chi connectivity index (χ2v) is 6.07. The van der Waals surface area contributed by atoms with Crippen molar-refractivity contribution in [3.8, 4) is 0 Å². The first kappa shape index (κ1) is 13.7. The van der Waals surface area contributed by atoms with Crippen LogP contribution in [-0.2, 0) is 0 Å². The van der Waals surface area contributed by atoms with Gasteiger partial charge in [-0.1, -0.05) is 33.8 Å². The molecule has 0 bridgehead atoms. The van der Waals surface area contributed by atoms with Gasteiger partial charge in [0.05, 0.1) is 0 Å². The largest absolute Gasteiger partial charge is 0.361 e. The summed E-state index contributed by atoms with van der Waals surface area (Å²) < 4.78 is 0. The molecule has 19 heavy (non-hydrogen) atoms. The average molecular weight is 258 g/mol. The van der Waals surface area contributed by atoms with Gasteiger partial charge in [-0.3, -0.25) is 4.79 Å². The highest BCUT2D eigenvalue weighted by molar-refractivity contribution is 6.06. The number of aromatic amines is 1. The van der Waals surface area contributed by atoms with E-state index < -0.39 is 0 Å². The maximum Gasteiger partial charge on any atom is 0.251 e. The summed E-state index contributed by atoms with van der Waals surface area (Å²) in [6.45, 7) is 9.39. The van der Waals surface area contributed by atoms with E-state index in [9.17, 15) is 4.79 Å². The lowest BCUT2D eigenvalue weighted by Gasteiger charge is -2.29. The minimum atomic E-state index is -0.000995. The number of fused-ring (bicyclic) bond motifs is 1. The SMILES string of the molecule is CC(C)C(C)(C)CNC(=O)c1cccc2[nH]ccc12.